The van der Waals surface area contributed by atoms with E-state index in [9.17, 15) is 0 Å². The maximum Gasteiger partial charge on any atom is 0.0565 e. The quantitative estimate of drug-likeness (QED) is 0.392. The average molecular weight is 364 g/mol. The predicted octanol–water partition coefficient (Wildman–Crippen LogP) is 7.04. The fraction of sp³-hybridized carbons (Fsp3) is 0.0769. The number of rotatable bonds is 5. The van der Waals surface area contributed by atoms with Crippen molar-refractivity contribution in [1.82, 2.24) is 9.55 Å². The average Bonchev–Trinajstić information content (AvgIpc) is 3.24. The number of benzene rings is 2. The summed E-state index contributed by atoms with van der Waals surface area (Å²) in [6, 6.07) is 14.9. The fourth-order valence-electron chi connectivity index (χ4n) is 4.24. The molecule has 0 saturated heterocycles. The second-order valence-electron chi connectivity index (χ2n) is 6.83. The molecule has 2 nitrogen and oxygen atoms in total. The molecule has 0 aliphatic rings. The number of hydrogen-bond acceptors (Lipinski definition) is 0. The van der Waals surface area contributed by atoms with Crippen molar-refractivity contribution in [2.45, 2.75) is 6.92 Å². The molecule has 0 radical (unpaired) electrons. The van der Waals surface area contributed by atoms with Crippen LogP contribution in [0.4, 0.5) is 0 Å². The molecule has 0 spiro atoms. The van der Waals surface area contributed by atoms with E-state index >= 15 is 0 Å². The zero-order valence-corrected chi connectivity index (χ0v) is 16.4. The van der Waals surface area contributed by atoms with Crippen LogP contribution in [0.1, 0.15) is 35.0 Å². The lowest BCUT2D eigenvalue weighted by molar-refractivity contribution is 0.947. The number of H-pyrrole nitrogens is 1. The predicted molar refractivity (Wildman–Crippen MR) is 124 cm³/mol. The lowest BCUT2D eigenvalue weighted by Gasteiger charge is -2.13. The Kier molecular flexibility index (Phi) is 4.40. The molecule has 0 saturated carbocycles. The van der Waals surface area contributed by atoms with Gasteiger partial charge in [-0.25, -0.2) is 0 Å². The summed E-state index contributed by atoms with van der Waals surface area (Å²) in [5.41, 5.74) is 9.03. The van der Waals surface area contributed by atoms with Crippen LogP contribution in [0.3, 0.4) is 0 Å². The topological polar surface area (TPSA) is 20.7 Å². The third kappa shape index (κ3) is 2.42. The summed E-state index contributed by atoms with van der Waals surface area (Å²) in [5, 5.41) is 2.37. The summed E-state index contributed by atoms with van der Waals surface area (Å²) in [5.74, 6) is 0. The first-order valence-corrected chi connectivity index (χ1v) is 9.42. The zero-order valence-electron chi connectivity index (χ0n) is 16.4. The van der Waals surface area contributed by atoms with Crippen molar-refractivity contribution in [3.8, 4) is 0 Å². The van der Waals surface area contributed by atoms with Gasteiger partial charge in [0, 0.05) is 51.3 Å². The Morgan fingerprint density at radius 2 is 1.61 bits per heavy atom. The molecule has 0 aliphatic heterocycles. The van der Waals surface area contributed by atoms with Crippen LogP contribution in [-0.4, -0.2) is 9.55 Å². The Bertz CT molecular complexity index is 1270. The Morgan fingerprint density at radius 1 is 0.893 bits per heavy atom. The molecule has 2 aromatic carbocycles. The third-order valence-corrected chi connectivity index (χ3v) is 5.50. The van der Waals surface area contributed by atoms with Crippen molar-refractivity contribution in [2.75, 3.05) is 0 Å². The van der Waals surface area contributed by atoms with Gasteiger partial charge in [-0.3, -0.25) is 0 Å². The number of nitrogens with one attached hydrogen (secondary N) is 1. The molecule has 2 heterocycles. The zero-order chi connectivity index (χ0) is 19.8. The first-order valence-electron chi connectivity index (χ1n) is 9.42. The molecule has 1 N–H and O–H groups in total. The Labute approximate surface area is 165 Å². The minimum absolute atomic E-state index is 0.994. The smallest absolute Gasteiger partial charge is 0.0565 e. The number of hydrogen-bond donors (Lipinski definition) is 1. The van der Waals surface area contributed by atoms with Crippen LogP contribution in [0.2, 0.25) is 0 Å². The first-order chi connectivity index (χ1) is 13.7. The molecule has 0 aliphatic carbocycles. The molecule has 2 heteroatoms. The highest BCUT2D eigenvalue weighted by molar-refractivity contribution is 6.04. The van der Waals surface area contributed by atoms with Gasteiger partial charge in [-0.05, 0) is 19.1 Å². The van der Waals surface area contributed by atoms with Crippen LogP contribution >= 0.6 is 0 Å². The number of aromatic amines is 1. The SMILES string of the molecule is C=Cc1[nH]c2c(/C(=C/C)c3c(C=C)c4ccccc4n3C)cccc2c1C=C. The maximum absolute atomic E-state index is 4.10. The molecule has 2 aromatic heterocycles. The Morgan fingerprint density at radius 3 is 2.29 bits per heavy atom. The van der Waals surface area contributed by atoms with Gasteiger partial charge >= 0.3 is 0 Å². The van der Waals surface area contributed by atoms with E-state index in [2.05, 4.69) is 91.8 Å². The van der Waals surface area contributed by atoms with Gasteiger partial charge in [-0.1, -0.05) is 74.4 Å². The van der Waals surface area contributed by atoms with Crippen molar-refractivity contribution in [3.05, 3.63) is 96.4 Å². The summed E-state index contributed by atoms with van der Waals surface area (Å²) in [6.45, 7) is 14.1. The number of aryl methyl sites for hydroxylation is 1. The molecule has 0 fully saturated rings. The van der Waals surface area contributed by atoms with E-state index in [1.807, 2.05) is 18.2 Å². The van der Waals surface area contributed by atoms with Gasteiger partial charge in [-0.2, -0.15) is 0 Å². The number of fused-ring (bicyclic) bond motifs is 2. The van der Waals surface area contributed by atoms with E-state index in [1.54, 1.807) is 0 Å². The minimum atomic E-state index is 0.994. The van der Waals surface area contributed by atoms with Crippen molar-refractivity contribution in [2.24, 2.45) is 7.05 Å². The number of allylic oxidation sites excluding steroid dienone is 1. The fourth-order valence-corrected chi connectivity index (χ4v) is 4.24. The standard InChI is InChI=1S/C26H24N2/c1-6-17-21-14-12-15-22(25(21)27-23(17)9-4)19(8-3)26-18(7-2)20-13-10-11-16-24(20)28(26)5/h6-16,27H,1-2,4H2,3,5H3/b19-8-. The highest BCUT2D eigenvalue weighted by atomic mass is 15.0. The van der Waals surface area contributed by atoms with Gasteiger partial charge in [0.25, 0.3) is 0 Å². The maximum atomic E-state index is 4.10. The van der Waals surface area contributed by atoms with Gasteiger partial charge < -0.3 is 9.55 Å². The molecule has 0 bridgehead atoms. The Balaban J connectivity index is 2.08. The molecule has 4 rings (SSSR count). The van der Waals surface area contributed by atoms with E-state index in [0.29, 0.717) is 0 Å². The first kappa shape index (κ1) is 17.9. The van der Waals surface area contributed by atoms with E-state index in [1.165, 1.54) is 22.2 Å². The molecular weight excluding hydrogens is 340 g/mol. The van der Waals surface area contributed by atoms with Gasteiger partial charge in [0.05, 0.1) is 11.2 Å². The lowest BCUT2D eigenvalue weighted by atomic mass is 9.96. The van der Waals surface area contributed by atoms with E-state index in [0.717, 1.165) is 33.3 Å². The third-order valence-electron chi connectivity index (χ3n) is 5.50. The minimum Gasteiger partial charge on any atom is -0.354 e. The van der Waals surface area contributed by atoms with Crippen LogP contribution in [0.5, 0.6) is 0 Å². The largest absolute Gasteiger partial charge is 0.354 e. The van der Waals surface area contributed by atoms with Gasteiger partial charge in [0.15, 0.2) is 0 Å². The van der Waals surface area contributed by atoms with Crippen molar-refractivity contribution in [1.29, 1.82) is 0 Å². The molecular formula is C26H24N2. The molecule has 0 unspecified atom stereocenters. The van der Waals surface area contributed by atoms with Gasteiger partial charge in [-0.15, -0.1) is 0 Å². The van der Waals surface area contributed by atoms with E-state index in [-0.39, 0.29) is 0 Å². The normalized spacial score (nSPS) is 11.9. The van der Waals surface area contributed by atoms with Crippen LogP contribution in [0, 0.1) is 0 Å². The number of aromatic nitrogens is 2. The molecule has 4 aromatic rings. The van der Waals surface area contributed by atoms with Crippen LogP contribution in [0.15, 0.2) is 68.3 Å². The molecule has 28 heavy (non-hydrogen) atoms. The van der Waals surface area contributed by atoms with Crippen molar-refractivity contribution in [3.63, 3.8) is 0 Å². The van der Waals surface area contributed by atoms with E-state index < -0.39 is 0 Å². The molecule has 138 valence electrons. The summed E-state index contributed by atoms with van der Waals surface area (Å²) in [7, 11) is 2.12. The van der Waals surface area contributed by atoms with Crippen molar-refractivity contribution >= 4 is 45.6 Å². The van der Waals surface area contributed by atoms with Crippen LogP contribution < -0.4 is 0 Å². The monoisotopic (exact) mass is 364 g/mol. The second kappa shape index (κ2) is 6.90. The number of nitrogens with zero attached hydrogens (tertiary/aromatic N) is 1. The summed E-state index contributed by atoms with van der Waals surface area (Å²) in [4.78, 5) is 3.54. The lowest BCUT2D eigenvalue weighted by Crippen LogP contribution is -1.99. The van der Waals surface area contributed by atoms with Gasteiger partial charge in [0.1, 0.15) is 0 Å². The molecule has 0 amide bonds. The Hall–Kier alpha value is -3.52. The van der Waals surface area contributed by atoms with Crippen LogP contribution in [0.25, 0.3) is 45.6 Å². The highest BCUT2D eigenvalue weighted by Gasteiger charge is 2.20. The van der Waals surface area contributed by atoms with Crippen molar-refractivity contribution < 1.29 is 0 Å². The second-order valence-corrected chi connectivity index (χ2v) is 6.83. The summed E-state index contributed by atoms with van der Waals surface area (Å²) >= 11 is 0. The highest BCUT2D eigenvalue weighted by Crippen LogP contribution is 2.38. The van der Waals surface area contributed by atoms with E-state index in [4.69, 9.17) is 0 Å². The summed E-state index contributed by atoms with van der Waals surface area (Å²) < 4.78 is 2.26. The number of para-hydroxylation sites is 2. The molecule has 0 atom stereocenters. The summed E-state index contributed by atoms with van der Waals surface area (Å²) in [6.07, 6.45) is 7.88. The van der Waals surface area contributed by atoms with Gasteiger partial charge in [0.2, 0.25) is 0 Å². The van der Waals surface area contributed by atoms with Crippen LogP contribution in [-0.2, 0) is 7.05 Å².